The van der Waals surface area contributed by atoms with E-state index in [1.165, 1.54) is 12.3 Å². The fraction of sp³-hybridized carbons (Fsp3) is 0.250. The van der Waals surface area contributed by atoms with Gasteiger partial charge in [-0.3, -0.25) is 9.59 Å². The molecule has 1 aliphatic heterocycles. The number of aromatic amines is 1. The van der Waals surface area contributed by atoms with Crippen molar-refractivity contribution in [1.82, 2.24) is 9.88 Å². The van der Waals surface area contributed by atoms with Crippen molar-refractivity contribution in [3.8, 4) is 0 Å². The first-order chi connectivity index (χ1) is 10.6. The Morgan fingerprint density at radius 3 is 2.68 bits per heavy atom. The van der Waals surface area contributed by atoms with Crippen LogP contribution in [0, 0.1) is 0 Å². The summed E-state index contributed by atoms with van der Waals surface area (Å²) in [6.07, 6.45) is 3.27. The van der Waals surface area contributed by atoms with Crippen LogP contribution in [-0.2, 0) is 0 Å². The number of carbonyl (C=O) groups is 1. The molecule has 1 aliphatic rings. The Morgan fingerprint density at radius 2 is 2.00 bits per heavy atom. The van der Waals surface area contributed by atoms with Crippen LogP contribution in [0.2, 0.25) is 10.0 Å². The van der Waals surface area contributed by atoms with Gasteiger partial charge >= 0.3 is 0 Å². The topological polar surface area (TPSA) is 53.2 Å². The predicted molar refractivity (Wildman–Crippen MR) is 86.5 cm³/mol. The predicted octanol–water partition coefficient (Wildman–Crippen LogP) is 3.66. The summed E-state index contributed by atoms with van der Waals surface area (Å²) in [5, 5.41) is 0.990. The molecule has 0 bridgehead atoms. The molecular weight excluding hydrogens is 323 g/mol. The van der Waals surface area contributed by atoms with Crippen molar-refractivity contribution in [2.45, 2.75) is 18.9 Å². The van der Waals surface area contributed by atoms with Gasteiger partial charge in [0.05, 0.1) is 21.7 Å². The quantitative estimate of drug-likeness (QED) is 0.909. The second-order valence-corrected chi connectivity index (χ2v) is 6.09. The van der Waals surface area contributed by atoms with Crippen LogP contribution in [0.3, 0.4) is 0 Å². The molecule has 4 nitrogen and oxygen atoms in total. The number of H-pyrrole nitrogens is 1. The molecule has 1 aromatic heterocycles. The highest BCUT2D eigenvalue weighted by Gasteiger charge is 2.30. The molecular formula is C16H14Cl2N2O2. The van der Waals surface area contributed by atoms with Crippen LogP contribution in [0.5, 0.6) is 0 Å². The minimum atomic E-state index is -0.223. The van der Waals surface area contributed by atoms with E-state index in [0.717, 1.165) is 18.4 Å². The zero-order chi connectivity index (χ0) is 15.7. The summed E-state index contributed by atoms with van der Waals surface area (Å²) < 4.78 is 0. The minimum Gasteiger partial charge on any atom is -0.332 e. The number of aromatic nitrogens is 1. The first-order valence-electron chi connectivity index (χ1n) is 7.01. The van der Waals surface area contributed by atoms with E-state index in [1.54, 1.807) is 12.1 Å². The van der Waals surface area contributed by atoms with E-state index in [-0.39, 0.29) is 17.5 Å². The van der Waals surface area contributed by atoms with Crippen molar-refractivity contribution < 1.29 is 4.79 Å². The van der Waals surface area contributed by atoms with Gasteiger partial charge < -0.3 is 9.88 Å². The van der Waals surface area contributed by atoms with E-state index in [4.69, 9.17) is 23.2 Å². The second kappa shape index (κ2) is 6.15. The SMILES string of the molecule is O=C(c1ccc(=O)[nH]c1)N1CCC[C@H]1c1ccc(Cl)c(Cl)c1. The van der Waals surface area contributed by atoms with E-state index in [0.29, 0.717) is 22.2 Å². The number of halogens is 2. The van der Waals surface area contributed by atoms with Crippen molar-refractivity contribution in [2.75, 3.05) is 6.54 Å². The summed E-state index contributed by atoms with van der Waals surface area (Å²) in [4.78, 5) is 28.1. The Bertz CT molecular complexity index is 752. The van der Waals surface area contributed by atoms with Crippen LogP contribution < -0.4 is 5.56 Å². The second-order valence-electron chi connectivity index (χ2n) is 5.27. The van der Waals surface area contributed by atoms with Crippen LogP contribution in [0.4, 0.5) is 0 Å². The molecule has 0 unspecified atom stereocenters. The fourth-order valence-electron chi connectivity index (χ4n) is 2.79. The standard InChI is InChI=1S/C16H14Cl2N2O2/c17-12-5-3-10(8-13(12)18)14-2-1-7-20(14)16(22)11-4-6-15(21)19-9-11/h3-6,8-9,14H,1-2,7H2,(H,19,21)/t14-/m0/s1. The van der Waals surface area contributed by atoms with Gasteiger partial charge in [-0.05, 0) is 36.6 Å². The molecule has 0 aliphatic carbocycles. The summed E-state index contributed by atoms with van der Waals surface area (Å²) in [6.45, 7) is 0.683. The Hall–Kier alpha value is -1.78. The Labute approximate surface area is 137 Å². The van der Waals surface area contributed by atoms with Gasteiger partial charge in [0, 0.05) is 18.8 Å². The van der Waals surface area contributed by atoms with Crippen molar-refractivity contribution in [2.24, 2.45) is 0 Å². The van der Waals surface area contributed by atoms with Gasteiger partial charge in [-0.1, -0.05) is 29.3 Å². The maximum absolute atomic E-state index is 12.6. The highest BCUT2D eigenvalue weighted by atomic mass is 35.5. The highest BCUT2D eigenvalue weighted by Crippen LogP contribution is 2.35. The van der Waals surface area contributed by atoms with Gasteiger partial charge in [-0.15, -0.1) is 0 Å². The van der Waals surface area contributed by atoms with Gasteiger partial charge in [-0.25, -0.2) is 0 Å². The molecule has 1 amide bonds. The van der Waals surface area contributed by atoms with Gasteiger partial charge in [0.15, 0.2) is 0 Å². The molecule has 1 atom stereocenters. The molecule has 22 heavy (non-hydrogen) atoms. The van der Waals surface area contributed by atoms with E-state index >= 15 is 0 Å². The van der Waals surface area contributed by atoms with Crippen molar-refractivity contribution in [3.05, 3.63) is 68.1 Å². The molecule has 6 heteroatoms. The van der Waals surface area contributed by atoms with Crippen LogP contribution in [-0.4, -0.2) is 22.3 Å². The van der Waals surface area contributed by atoms with E-state index in [9.17, 15) is 9.59 Å². The molecule has 2 aromatic rings. The molecule has 1 N–H and O–H groups in total. The number of amides is 1. The minimum absolute atomic E-state index is 0.0193. The largest absolute Gasteiger partial charge is 0.332 e. The number of pyridine rings is 1. The number of rotatable bonds is 2. The first kappa shape index (κ1) is 15.1. The first-order valence-corrected chi connectivity index (χ1v) is 7.76. The smallest absolute Gasteiger partial charge is 0.255 e. The summed E-state index contributed by atoms with van der Waals surface area (Å²) >= 11 is 12.0. The number of benzene rings is 1. The average molecular weight is 337 g/mol. The van der Waals surface area contributed by atoms with Crippen molar-refractivity contribution in [1.29, 1.82) is 0 Å². The van der Waals surface area contributed by atoms with Crippen LogP contribution >= 0.6 is 23.2 Å². The number of nitrogens with zero attached hydrogens (tertiary/aromatic N) is 1. The lowest BCUT2D eigenvalue weighted by molar-refractivity contribution is 0.0735. The normalized spacial score (nSPS) is 17.7. The molecule has 3 rings (SSSR count). The van der Waals surface area contributed by atoms with Gasteiger partial charge in [0.2, 0.25) is 5.56 Å². The van der Waals surface area contributed by atoms with Crippen LogP contribution in [0.1, 0.15) is 34.8 Å². The Balaban J connectivity index is 1.89. The third kappa shape index (κ3) is 2.89. The Kier molecular flexibility index (Phi) is 4.23. The molecule has 1 saturated heterocycles. The fourth-order valence-corrected chi connectivity index (χ4v) is 3.09. The molecule has 1 aromatic carbocycles. The molecule has 1 fully saturated rings. The molecule has 2 heterocycles. The summed E-state index contributed by atoms with van der Waals surface area (Å²) in [5.74, 6) is -0.0928. The third-order valence-electron chi connectivity index (χ3n) is 3.87. The lowest BCUT2D eigenvalue weighted by Gasteiger charge is -2.25. The summed E-state index contributed by atoms with van der Waals surface area (Å²) in [6, 6.07) is 8.35. The molecule has 0 saturated carbocycles. The van der Waals surface area contributed by atoms with Crippen LogP contribution in [0.25, 0.3) is 0 Å². The lowest BCUT2D eigenvalue weighted by Crippen LogP contribution is -2.31. The molecule has 0 spiro atoms. The zero-order valence-corrected chi connectivity index (χ0v) is 13.2. The average Bonchev–Trinajstić information content (AvgIpc) is 2.99. The number of hydrogen-bond donors (Lipinski definition) is 1. The zero-order valence-electron chi connectivity index (χ0n) is 11.7. The summed E-state index contributed by atoms with van der Waals surface area (Å²) in [7, 11) is 0. The van der Waals surface area contributed by atoms with Gasteiger partial charge in [-0.2, -0.15) is 0 Å². The maximum atomic E-state index is 12.6. The lowest BCUT2D eigenvalue weighted by atomic mass is 10.0. The third-order valence-corrected chi connectivity index (χ3v) is 4.61. The van der Waals surface area contributed by atoms with Crippen LogP contribution in [0.15, 0.2) is 41.3 Å². The molecule has 114 valence electrons. The van der Waals surface area contributed by atoms with Gasteiger partial charge in [0.1, 0.15) is 0 Å². The monoisotopic (exact) mass is 336 g/mol. The summed E-state index contributed by atoms with van der Waals surface area (Å²) in [5.41, 5.74) is 1.23. The number of hydrogen-bond acceptors (Lipinski definition) is 2. The van der Waals surface area contributed by atoms with Crippen molar-refractivity contribution >= 4 is 29.1 Å². The number of nitrogens with one attached hydrogen (secondary N) is 1. The van der Waals surface area contributed by atoms with E-state index < -0.39 is 0 Å². The van der Waals surface area contributed by atoms with Crippen molar-refractivity contribution in [3.63, 3.8) is 0 Å². The Morgan fingerprint density at radius 1 is 1.18 bits per heavy atom. The van der Waals surface area contributed by atoms with E-state index in [1.807, 2.05) is 17.0 Å². The highest BCUT2D eigenvalue weighted by molar-refractivity contribution is 6.42. The number of carbonyl (C=O) groups excluding carboxylic acids is 1. The van der Waals surface area contributed by atoms with E-state index in [2.05, 4.69) is 4.98 Å². The number of likely N-dealkylation sites (tertiary alicyclic amines) is 1. The van der Waals surface area contributed by atoms with Gasteiger partial charge in [0.25, 0.3) is 5.91 Å². The maximum Gasteiger partial charge on any atom is 0.255 e. The molecule has 0 radical (unpaired) electrons.